The molecule has 124 valence electrons. The number of hydrogen-bond donors (Lipinski definition) is 2. The number of nitrogen functional groups attached to an aromatic ring is 1. The number of rotatable bonds is 3. The number of anilines is 1. The van der Waals surface area contributed by atoms with Gasteiger partial charge < -0.3 is 5.73 Å². The van der Waals surface area contributed by atoms with E-state index in [2.05, 4.69) is 26.5 Å². The summed E-state index contributed by atoms with van der Waals surface area (Å²) in [7, 11) is 0. The molecule has 0 unspecified atom stereocenters. The summed E-state index contributed by atoms with van der Waals surface area (Å²) in [6.45, 7) is 0. The van der Waals surface area contributed by atoms with Gasteiger partial charge in [-0.3, -0.25) is 0 Å². The molecule has 0 fully saturated rings. The van der Waals surface area contributed by atoms with Gasteiger partial charge in [-0.25, -0.2) is 4.98 Å². The minimum Gasteiger partial charge on any atom is -0.384 e. The Hall–Kier alpha value is -2.41. The van der Waals surface area contributed by atoms with Gasteiger partial charge in [0.2, 0.25) is 0 Å². The monoisotopic (exact) mass is 387 g/mol. The van der Waals surface area contributed by atoms with Gasteiger partial charge in [-0.2, -0.15) is 15.4 Å². The van der Waals surface area contributed by atoms with E-state index in [4.69, 9.17) is 28.9 Å². The van der Waals surface area contributed by atoms with Crippen LogP contribution in [0, 0.1) is 0 Å². The van der Waals surface area contributed by atoms with Gasteiger partial charge in [0.1, 0.15) is 11.5 Å². The van der Waals surface area contributed by atoms with Crippen LogP contribution in [0.3, 0.4) is 0 Å². The van der Waals surface area contributed by atoms with Gasteiger partial charge in [0.05, 0.1) is 11.1 Å². The molecule has 0 atom stereocenters. The zero-order valence-corrected chi connectivity index (χ0v) is 15.0. The van der Waals surface area contributed by atoms with E-state index in [9.17, 15) is 0 Å². The first kappa shape index (κ1) is 16.1. The van der Waals surface area contributed by atoms with Crippen LogP contribution in [0.4, 0.5) is 5.82 Å². The maximum atomic E-state index is 6.42. The minimum atomic E-state index is 0.472. The predicted molar refractivity (Wildman–Crippen MR) is 103 cm³/mol. The zero-order chi connectivity index (χ0) is 17.4. The first-order valence-electron chi connectivity index (χ1n) is 7.29. The van der Waals surface area contributed by atoms with Gasteiger partial charge in [-0.05, 0) is 35.9 Å². The Labute approximate surface area is 157 Å². The molecular weight excluding hydrogens is 377 g/mol. The number of nitrogens with two attached hydrogens (primary N) is 1. The maximum Gasteiger partial charge on any atom is 0.123 e. The van der Waals surface area contributed by atoms with Gasteiger partial charge in [0.25, 0.3) is 0 Å². The molecule has 4 aromatic rings. The maximum absolute atomic E-state index is 6.42. The third-order valence-electron chi connectivity index (χ3n) is 3.67. The highest BCUT2D eigenvalue weighted by Gasteiger charge is 2.18. The molecule has 5 nitrogen and oxygen atoms in total. The molecule has 3 N–H and O–H groups in total. The molecule has 0 aliphatic carbocycles. The Morgan fingerprint density at radius 3 is 2.64 bits per heavy atom. The van der Waals surface area contributed by atoms with Crippen molar-refractivity contribution >= 4 is 40.4 Å². The second-order valence-corrected chi connectivity index (χ2v) is 7.20. The van der Waals surface area contributed by atoms with Crippen LogP contribution in [0.25, 0.3) is 32.1 Å². The van der Waals surface area contributed by atoms with Crippen LogP contribution >= 0.6 is 34.5 Å². The fourth-order valence-electron chi connectivity index (χ4n) is 2.54. The first-order valence-corrected chi connectivity index (χ1v) is 8.86. The largest absolute Gasteiger partial charge is 0.384 e. The highest BCUT2D eigenvalue weighted by Crippen LogP contribution is 2.44. The molecule has 0 bridgehead atoms. The van der Waals surface area contributed by atoms with E-state index in [0.29, 0.717) is 15.9 Å². The number of nitrogens with zero attached hydrogens (tertiary/aromatic N) is 3. The lowest BCUT2D eigenvalue weighted by Gasteiger charge is -2.04. The highest BCUT2D eigenvalue weighted by molar-refractivity contribution is 7.19. The van der Waals surface area contributed by atoms with Gasteiger partial charge >= 0.3 is 0 Å². The van der Waals surface area contributed by atoms with E-state index in [1.165, 1.54) is 0 Å². The molecule has 0 radical (unpaired) electrons. The third kappa shape index (κ3) is 3.11. The molecular formula is C17H11Cl2N5S. The van der Waals surface area contributed by atoms with Crippen LogP contribution in [0.15, 0.2) is 48.8 Å². The molecule has 3 aromatic heterocycles. The Kier molecular flexibility index (Phi) is 4.17. The van der Waals surface area contributed by atoms with Crippen LogP contribution in [0.1, 0.15) is 0 Å². The molecule has 3 heterocycles. The summed E-state index contributed by atoms with van der Waals surface area (Å²) in [4.78, 5) is 6.04. The quantitative estimate of drug-likeness (QED) is 0.509. The Morgan fingerprint density at radius 1 is 1.04 bits per heavy atom. The first-order chi connectivity index (χ1) is 12.1. The predicted octanol–water partition coefficient (Wildman–Crippen LogP) is 5.15. The average molecular weight is 388 g/mol. The molecule has 0 amide bonds. The van der Waals surface area contributed by atoms with E-state index >= 15 is 0 Å². The van der Waals surface area contributed by atoms with Crippen LogP contribution < -0.4 is 5.73 Å². The normalized spacial score (nSPS) is 11.0. The van der Waals surface area contributed by atoms with Crippen molar-refractivity contribution in [2.45, 2.75) is 0 Å². The summed E-state index contributed by atoms with van der Waals surface area (Å²) < 4.78 is 0. The SMILES string of the molecule is Nc1cc(-c2cc(-c3ccc(Cl)cc3Cl)c(-c3cn[nH]n3)s2)ccn1. The van der Waals surface area contributed by atoms with Crippen molar-refractivity contribution in [3.8, 4) is 32.1 Å². The lowest BCUT2D eigenvalue weighted by Crippen LogP contribution is -1.88. The summed E-state index contributed by atoms with van der Waals surface area (Å²) in [5, 5.41) is 11.9. The summed E-state index contributed by atoms with van der Waals surface area (Å²) in [6, 6.07) is 11.3. The topological polar surface area (TPSA) is 80.5 Å². The van der Waals surface area contributed by atoms with Crippen molar-refractivity contribution in [2.24, 2.45) is 0 Å². The molecule has 0 saturated heterocycles. The number of aromatic amines is 1. The van der Waals surface area contributed by atoms with Crippen molar-refractivity contribution in [2.75, 3.05) is 5.73 Å². The van der Waals surface area contributed by atoms with Crippen LogP contribution in [0.2, 0.25) is 10.0 Å². The molecule has 1 aromatic carbocycles. The lowest BCUT2D eigenvalue weighted by molar-refractivity contribution is 0.942. The summed E-state index contributed by atoms with van der Waals surface area (Å²) >= 11 is 14.0. The molecule has 0 aliphatic rings. The fraction of sp³-hybridized carbons (Fsp3) is 0. The number of nitrogens with one attached hydrogen (secondary N) is 1. The second kappa shape index (κ2) is 6.48. The highest BCUT2D eigenvalue weighted by atomic mass is 35.5. The summed E-state index contributed by atoms with van der Waals surface area (Å²) in [5.74, 6) is 0.472. The van der Waals surface area contributed by atoms with Crippen LogP contribution in [-0.2, 0) is 0 Å². The molecule has 0 aliphatic heterocycles. The van der Waals surface area contributed by atoms with Gasteiger partial charge in [0, 0.05) is 32.2 Å². The summed E-state index contributed by atoms with van der Waals surface area (Å²) in [5.41, 5.74) is 9.40. The third-order valence-corrected chi connectivity index (χ3v) is 5.42. The smallest absolute Gasteiger partial charge is 0.123 e. The Balaban J connectivity index is 1.93. The Morgan fingerprint density at radius 2 is 1.92 bits per heavy atom. The molecule has 25 heavy (non-hydrogen) atoms. The van der Waals surface area contributed by atoms with Gasteiger partial charge in [-0.1, -0.05) is 29.3 Å². The van der Waals surface area contributed by atoms with Crippen molar-refractivity contribution in [1.82, 2.24) is 20.4 Å². The number of hydrogen-bond acceptors (Lipinski definition) is 5. The fourth-order valence-corrected chi connectivity index (χ4v) is 4.18. The summed E-state index contributed by atoms with van der Waals surface area (Å²) in [6.07, 6.45) is 3.37. The van der Waals surface area contributed by atoms with Gasteiger partial charge in [0.15, 0.2) is 0 Å². The molecule has 4 rings (SSSR count). The van der Waals surface area contributed by atoms with E-state index in [0.717, 1.165) is 32.1 Å². The number of pyridine rings is 1. The number of thiophene rings is 1. The zero-order valence-electron chi connectivity index (χ0n) is 12.7. The minimum absolute atomic E-state index is 0.472. The lowest BCUT2D eigenvalue weighted by atomic mass is 10.0. The van der Waals surface area contributed by atoms with Crippen molar-refractivity contribution in [3.63, 3.8) is 0 Å². The standard InChI is InChI=1S/C17H11Cl2N5S/c18-10-1-2-11(13(19)6-10)12-7-15(9-3-4-21-16(20)5-9)25-17(12)14-8-22-24-23-14/h1-8H,(H2,20,21)(H,22,23,24). The van der Waals surface area contributed by atoms with E-state index in [1.807, 2.05) is 24.3 Å². The van der Waals surface area contributed by atoms with Crippen molar-refractivity contribution in [3.05, 3.63) is 58.8 Å². The van der Waals surface area contributed by atoms with Crippen molar-refractivity contribution < 1.29 is 0 Å². The van der Waals surface area contributed by atoms with E-state index < -0.39 is 0 Å². The Bertz CT molecular complexity index is 1040. The van der Waals surface area contributed by atoms with Crippen LogP contribution in [-0.4, -0.2) is 20.4 Å². The van der Waals surface area contributed by atoms with E-state index in [1.54, 1.807) is 29.8 Å². The molecule has 0 saturated carbocycles. The average Bonchev–Trinajstić information content (AvgIpc) is 3.24. The molecule has 0 spiro atoms. The number of aromatic nitrogens is 4. The second-order valence-electron chi connectivity index (χ2n) is 5.30. The van der Waals surface area contributed by atoms with Crippen molar-refractivity contribution in [1.29, 1.82) is 0 Å². The molecule has 8 heteroatoms. The number of halogens is 2. The van der Waals surface area contributed by atoms with Gasteiger partial charge in [-0.15, -0.1) is 11.3 Å². The number of H-pyrrole nitrogens is 1. The number of benzene rings is 1. The van der Waals surface area contributed by atoms with E-state index in [-0.39, 0.29) is 0 Å². The van der Waals surface area contributed by atoms with Crippen LogP contribution in [0.5, 0.6) is 0 Å².